The Balaban J connectivity index is 1.52. The highest BCUT2D eigenvalue weighted by Crippen LogP contribution is 2.30. The molecule has 194 valence electrons. The van der Waals surface area contributed by atoms with Crippen molar-refractivity contribution in [3.63, 3.8) is 0 Å². The van der Waals surface area contributed by atoms with Crippen LogP contribution >= 0.6 is 11.6 Å². The van der Waals surface area contributed by atoms with Crippen LogP contribution in [-0.4, -0.2) is 58.8 Å². The fraction of sp³-hybridized carbons (Fsp3) is 0.407. The van der Waals surface area contributed by atoms with Gasteiger partial charge in [0.2, 0.25) is 11.8 Å². The van der Waals surface area contributed by atoms with Crippen molar-refractivity contribution in [1.29, 1.82) is 0 Å². The molecular weight excluding hydrogens is 508 g/mol. The number of carbonyl (C=O) groups is 1. The van der Waals surface area contributed by atoms with Gasteiger partial charge in [-0.3, -0.25) is 0 Å². The van der Waals surface area contributed by atoms with Crippen molar-refractivity contribution in [1.82, 2.24) is 19.9 Å². The molecule has 8 nitrogen and oxygen atoms in total. The lowest BCUT2D eigenvalue weighted by Gasteiger charge is -2.24. The molecule has 1 aliphatic heterocycles. The van der Waals surface area contributed by atoms with Crippen molar-refractivity contribution in [2.75, 3.05) is 13.1 Å². The third kappa shape index (κ3) is 7.34. The Hall–Kier alpha value is -3.35. The highest BCUT2D eigenvalue weighted by molar-refractivity contribution is 6.83. The Labute approximate surface area is 223 Å². The van der Waals surface area contributed by atoms with Crippen LogP contribution in [0, 0.1) is 11.5 Å². The van der Waals surface area contributed by atoms with Gasteiger partial charge in [-0.15, -0.1) is 5.54 Å². The Morgan fingerprint density at radius 1 is 1.16 bits per heavy atom. The fourth-order valence-corrected chi connectivity index (χ4v) is 4.23. The SMILES string of the molecule is CC(C)(C)OC(=O)N1CC[C@H](Oc2ccc3ncnc(Oc4ccc(Cl)c(C#C[Si](C)(C)C)c4)c3n2)C1. The van der Waals surface area contributed by atoms with Crippen LogP contribution in [0.4, 0.5) is 4.79 Å². The largest absolute Gasteiger partial charge is 0.472 e. The third-order valence-electron chi connectivity index (χ3n) is 5.23. The second kappa shape index (κ2) is 10.6. The molecule has 1 saturated heterocycles. The van der Waals surface area contributed by atoms with E-state index in [0.717, 1.165) is 0 Å². The molecule has 1 fully saturated rings. The summed E-state index contributed by atoms with van der Waals surface area (Å²) in [5.74, 6) is 4.43. The van der Waals surface area contributed by atoms with E-state index >= 15 is 0 Å². The number of rotatable bonds is 4. The molecule has 0 radical (unpaired) electrons. The first-order valence-corrected chi connectivity index (χ1v) is 16.0. The van der Waals surface area contributed by atoms with Crippen LogP contribution < -0.4 is 9.47 Å². The molecule has 1 aliphatic rings. The first-order valence-electron chi connectivity index (χ1n) is 12.1. The summed E-state index contributed by atoms with van der Waals surface area (Å²) in [6, 6.07) is 8.88. The molecule has 4 rings (SSSR count). The molecule has 3 heterocycles. The molecule has 0 spiro atoms. The van der Waals surface area contributed by atoms with Gasteiger partial charge in [0.25, 0.3) is 0 Å². The number of aromatic nitrogens is 3. The second-order valence-corrected chi connectivity index (χ2v) is 16.1. The maximum Gasteiger partial charge on any atom is 0.410 e. The lowest BCUT2D eigenvalue weighted by Crippen LogP contribution is -2.36. The number of nitrogens with zero attached hydrogens (tertiary/aromatic N) is 4. The molecular formula is C27H31ClN4O4Si. The van der Waals surface area contributed by atoms with E-state index < -0.39 is 13.7 Å². The average molecular weight is 539 g/mol. The summed E-state index contributed by atoms with van der Waals surface area (Å²) in [7, 11) is -1.57. The molecule has 0 aliphatic carbocycles. The molecule has 10 heteroatoms. The molecule has 2 aromatic heterocycles. The number of fused-ring (bicyclic) bond motifs is 1. The lowest BCUT2D eigenvalue weighted by molar-refractivity contribution is 0.0275. The van der Waals surface area contributed by atoms with Crippen LogP contribution in [0.3, 0.4) is 0 Å². The van der Waals surface area contributed by atoms with Crippen molar-refractivity contribution in [2.24, 2.45) is 0 Å². The number of hydrogen-bond donors (Lipinski definition) is 0. The van der Waals surface area contributed by atoms with Crippen molar-refractivity contribution in [3.8, 4) is 29.0 Å². The quantitative estimate of drug-likeness (QED) is 0.293. The number of likely N-dealkylation sites (tertiary alicyclic amines) is 1. The van der Waals surface area contributed by atoms with Crippen molar-refractivity contribution < 1.29 is 19.0 Å². The summed E-state index contributed by atoms with van der Waals surface area (Å²) in [5, 5.41) is 0.566. The Morgan fingerprint density at radius 3 is 2.68 bits per heavy atom. The van der Waals surface area contributed by atoms with Gasteiger partial charge in [0.1, 0.15) is 31.9 Å². The van der Waals surface area contributed by atoms with Gasteiger partial charge >= 0.3 is 6.09 Å². The van der Waals surface area contributed by atoms with Gasteiger partial charge in [0, 0.05) is 24.6 Å². The number of pyridine rings is 1. The summed E-state index contributed by atoms with van der Waals surface area (Å²) < 4.78 is 17.6. The van der Waals surface area contributed by atoms with Gasteiger partial charge in [-0.05, 0) is 45.0 Å². The normalized spacial score (nSPS) is 15.8. The van der Waals surface area contributed by atoms with Gasteiger partial charge in [-0.2, -0.15) is 4.98 Å². The van der Waals surface area contributed by atoms with Crippen molar-refractivity contribution in [3.05, 3.63) is 47.2 Å². The number of halogens is 1. The van der Waals surface area contributed by atoms with Gasteiger partial charge in [0.15, 0.2) is 5.52 Å². The Morgan fingerprint density at radius 2 is 1.95 bits per heavy atom. The smallest absolute Gasteiger partial charge is 0.410 e. The molecule has 1 atom stereocenters. The molecule has 3 aromatic rings. The Kier molecular flexibility index (Phi) is 7.62. The van der Waals surface area contributed by atoms with Crippen LogP contribution in [-0.2, 0) is 4.74 Å². The van der Waals surface area contributed by atoms with E-state index in [2.05, 4.69) is 46.1 Å². The Bertz CT molecular complexity index is 1370. The average Bonchev–Trinajstić information content (AvgIpc) is 3.27. The van der Waals surface area contributed by atoms with E-state index in [4.69, 9.17) is 25.8 Å². The number of benzene rings is 1. The fourth-order valence-electron chi connectivity index (χ4n) is 3.56. The summed E-state index contributed by atoms with van der Waals surface area (Å²) in [6.07, 6.45) is 1.57. The first kappa shape index (κ1) is 26.7. The number of carbonyl (C=O) groups excluding carboxylic acids is 1. The topological polar surface area (TPSA) is 86.7 Å². The first-order chi connectivity index (χ1) is 17.4. The number of hydrogen-bond acceptors (Lipinski definition) is 7. The zero-order valence-electron chi connectivity index (χ0n) is 22.0. The van der Waals surface area contributed by atoms with E-state index in [0.29, 0.717) is 58.6 Å². The molecule has 0 saturated carbocycles. The standard InChI is InChI=1S/C27H31ClN4O4Si/c1-27(2,3)36-26(33)32-13-11-20(16-32)34-23-10-9-22-24(31-23)25(30-17-29-22)35-19-7-8-21(28)18(15-19)12-14-37(4,5)6/h7-10,15,17,20H,11,13,16H2,1-6H3/t20-/m0/s1. The van der Waals surface area contributed by atoms with E-state index in [1.807, 2.05) is 20.8 Å². The minimum atomic E-state index is -1.57. The monoisotopic (exact) mass is 538 g/mol. The van der Waals surface area contributed by atoms with Crippen LogP contribution in [0.5, 0.6) is 17.5 Å². The van der Waals surface area contributed by atoms with Gasteiger partial charge in [0.05, 0.1) is 17.1 Å². The summed E-state index contributed by atoms with van der Waals surface area (Å²) in [6.45, 7) is 13.1. The van der Waals surface area contributed by atoms with E-state index in [1.165, 1.54) is 6.33 Å². The minimum Gasteiger partial charge on any atom is -0.472 e. The highest BCUT2D eigenvalue weighted by atomic mass is 35.5. The maximum atomic E-state index is 12.4. The van der Waals surface area contributed by atoms with E-state index in [1.54, 1.807) is 35.2 Å². The summed E-state index contributed by atoms with van der Waals surface area (Å²) in [4.78, 5) is 27.2. The van der Waals surface area contributed by atoms with Crippen LogP contribution in [0.15, 0.2) is 36.7 Å². The minimum absolute atomic E-state index is 0.199. The van der Waals surface area contributed by atoms with Gasteiger partial charge in [-0.1, -0.05) is 37.2 Å². The van der Waals surface area contributed by atoms with Gasteiger partial charge < -0.3 is 19.1 Å². The molecule has 1 amide bonds. The molecule has 37 heavy (non-hydrogen) atoms. The number of amides is 1. The predicted molar refractivity (Wildman–Crippen MR) is 146 cm³/mol. The van der Waals surface area contributed by atoms with Gasteiger partial charge in [-0.25, -0.2) is 14.8 Å². The lowest BCUT2D eigenvalue weighted by atomic mass is 10.2. The second-order valence-electron chi connectivity index (χ2n) is 10.9. The zero-order valence-corrected chi connectivity index (χ0v) is 23.7. The van der Waals surface area contributed by atoms with E-state index in [-0.39, 0.29) is 12.2 Å². The molecule has 0 N–H and O–H groups in total. The van der Waals surface area contributed by atoms with Crippen molar-refractivity contribution >= 4 is 36.8 Å². The highest BCUT2D eigenvalue weighted by Gasteiger charge is 2.31. The molecule has 1 aromatic carbocycles. The predicted octanol–water partition coefficient (Wildman–Crippen LogP) is 6.09. The van der Waals surface area contributed by atoms with Crippen molar-refractivity contribution in [2.45, 2.75) is 58.5 Å². The maximum absolute atomic E-state index is 12.4. The molecule has 0 unspecified atom stereocenters. The summed E-state index contributed by atoms with van der Waals surface area (Å²) in [5.41, 5.74) is 4.56. The van der Waals surface area contributed by atoms with Crippen LogP contribution in [0.1, 0.15) is 32.8 Å². The number of ether oxygens (including phenoxy) is 3. The summed E-state index contributed by atoms with van der Waals surface area (Å²) >= 11 is 6.36. The van der Waals surface area contributed by atoms with Crippen LogP contribution in [0.2, 0.25) is 24.7 Å². The van der Waals surface area contributed by atoms with E-state index in [9.17, 15) is 4.79 Å². The van der Waals surface area contributed by atoms with Crippen LogP contribution in [0.25, 0.3) is 11.0 Å². The zero-order chi connectivity index (χ0) is 26.8. The third-order valence-corrected chi connectivity index (χ3v) is 6.44. The molecule has 0 bridgehead atoms.